The molecule has 0 bridgehead atoms. The molecule has 0 aliphatic heterocycles. The molecule has 0 aliphatic rings. The van der Waals surface area contributed by atoms with E-state index in [0.717, 1.165) is 23.2 Å². The fourth-order valence-electron chi connectivity index (χ4n) is 1.74. The van der Waals surface area contributed by atoms with E-state index >= 15 is 0 Å². The smallest absolute Gasteiger partial charge is 0.251 e. The van der Waals surface area contributed by atoms with Gasteiger partial charge in [-0.1, -0.05) is 19.1 Å². The van der Waals surface area contributed by atoms with E-state index in [4.69, 9.17) is 18.0 Å². The van der Waals surface area contributed by atoms with Gasteiger partial charge in [-0.15, -0.1) is 0 Å². The molecule has 0 atom stereocenters. The number of amides is 1. The molecule has 0 fully saturated rings. The molecule has 1 aromatic rings. The summed E-state index contributed by atoms with van der Waals surface area (Å²) in [7, 11) is 0. The van der Waals surface area contributed by atoms with Gasteiger partial charge in [0, 0.05) is 5.69 Å². The van der Waals surface area contributed by atoms with Crippen molar-refractivity contribution in [2.75, 3.05) is 0 Å². The average Bonchev–Trinajstić information content (AvgIpc) is 2.02. The van der Waals surface area contributed by atoms with Crippen molar-refractivity contribution in [3.05, 3.63) is 27.0 Å². The summed E-state index contributed by atoms with van der Waals surface area (Å²) in [5.41, 5.74) is 8.75. The van der Waals surface area contributed by atoms with E-state index in [1.807, 2.05) is 20.8 Å². The Morgan fingerprint density at radius 3 is 2.50 bits per heavy atom. The van der Waals surface area contributed by atoms with Gasteiger partial charge in [-0.2, -0.15) is 0 Å². The van der Waals surface area contributed by atoms with Crippen molar-refractivity contribution >= 4 is 18.1 Å². The Morgan fingerprint density at radius 2 is 2.07 bits per heavy atom. The molecule has 4 heteroatoms. The van der Waals surface area contributed by atoms with E-state index in [1.165, 1.54) is 0 Å². The maximum atomic E-state index is 11.2. The second-order valence-corrected chi connectivity index (χ2v) is 3.68. The zero-order valence-electron chi connectivity index (χ0n) is 8.60. The van der Waals surface area contributed by atoms with Gasteiger partial charge in [-0.3, -0.25) is 4.79 Å². The lowest BCUT2D eigenvalue weighted by atomic mass is 10.0. The van der Waals surface area contributed by atoms with Crippen LogP contribution in [0.15, 0.2) is 0 Å². The van der Waals surface area contributed by atoms with Crippen molar-refractivity contribution in [3.8, 4) is 0 Å². The summed E-state index contributed by atoms with van der Waals surface area (Å²) >= 11 is 5.05. The molecule has 0 saturated carbocycles. The molecule has 1 amide bonds. The molecule has 1 heterocycles. The molecule has 14 heavy (non-hydrogen) atoms. The van der Waals surface area contributed by atoms with Crippen molar-refractivity contribution in [1.82, 2.24) is 4.98 Å². The quantitative estimate of drug-likeness (QED) is 0.734. The SMILES string of the molecule is CCc1c(C)[nH]c(=S)c(C(N)=O)c1C. The van der Waals surface area contributed by atoms with Crippen LogP contribution in [0.4, 0.5) is 0 Å². The van der Waals surface area contributed by atoms with E-state index in [2.05, 4.69) is 4.98 Å². The number of nitrogens with two attached hydrogens (primary N) is 1. The molecule has 1 rings (SSSR count). The highest BCUT2D eigenvalue weighted by Crippen LogP contribution is 2.17. The van der Waals surface area contributed by atoms with E-state index in [-0.39, 0.29) is 0 Å². The summed E-state index contributed by atoms with van der Waals surface area (Å²) in [6.45, 7) is 5.87. The zero-order valence-corrected chi connectivity index (χ0v) is 9.42. The van der Waals surface area contributed by atoms with Crippen LogP contribution in [0.25, 0.3) is 0 Å². The lowest BCUT2D eigenvalue weighted by Crippen LogP contribution is -2.16. The molecular weight excluding hydrogens is 196 g/mol. The number of pyridine rings is 1. The Hall–Kier alpha value is -1.16. The number of aromatic amines is 1. The summed E-state index contributed by atoms with van der Waals surface area (Å²) in [5, 5.41) is 0. The summed E-state index contributed by atoms with van der Waals surface area (Å²) in [4.78, 5) is 14.2. The van der Waals surface area contributed by atoms with Crippen molar-refractivity contribution in [2.45, 2.75) is 27.2 Å². The number of aryl methyl sites for hydroxylation is 1. The van der Waals surface area contributed by atoms with Gasteiger partial charge in [0.05, 0.1) is 5.56 Å². The minimum atomic E-state index is -0.460. The number of hydrogen-bond donors (Lipinski definition) is 2. The topological polar surface area (TPSA) is 58.9 Å². The van der Waals surface area contributed by atoms with Gasteiger partial charge in [0.15, 0.2) is 0 Å². The third-order valence-electron chi connectivity index (χ3n) is 2.41. The van der Waals surface area contributed by atoms with Gasteiger partial charge < -0.3 is 10.7 Å². The van der Waals surface area contributed by atoms with E-state index in [1.54, 1.807) is 0 Å². The maximum Gasteiger partial charge on any atom is 0.251 e. The monoisotopic (exact) mass is 210 g/mol. The average molecular weight is 210 g/mol. The molecule has 0 aliphatic carbocycles. The lowest BCUT2D eigenvalue weighted by Gasteiger charge is -2.11. The maximum absolute atomic E-state index is 11.2. The van der Waals surface area contributed by atoms with E-state index in [0.29, 0.717) is 10.2 Å². The summed E-state index contributed by atoms with van der Waals surface area (Å²) < 4.78 is 0.435. The second kappa shape index (κ2) is 3.92. The van der Waals surface area contributed by atoms with Gasteiger partial charge in [0.2, 0.25) is 0 Å². The normalized spacial score (nSPS) is 10.2. The van der Waals surface area contributed by atoms with Crippen LogP contribution in [0.1, 0.15) is 34.1 Å². The van der Waals surface area contributed by atoms with Crippen molar-refractivity contribution in [1.29, 1.82) is 0 Å². The minimum absolute atomic E-state index is 0.435. The molecule has 0 saturated heterocycles. The summed E-state index contributed by atoms with van der Waals surface area (Å²) in [6, 6.07) is 0. The molecule has 3 nitrogen and oxygen atoms in total. The number of H-pyrrole nitrogens is 1. The molecule has 0 aromatic carbocycles. The van der Waals surface area contributed by atoms with Crippen molar-refractivity contribution in [3.63, 3.8) is 0 Å². The van der Waals surface area contributed by atoms with Crippen molar-refractivity contribution < 1.29 is 4.79 Å². The van der Waals surface area contributed by atoms with Gasteiger partial charge >= 0.3 is 0 Å². The van der Waals surface area contributed by atoms with Crippen LogP contribution < -0.4 is 5.73 Å². The van der Waals surface area contributed by atoms with E-state index < -0.39 is 5.91 Å². The Morgan fingerprint density at radius 1 is 1.50 bits per heavy atom. The highest BCUT2D eigenvalue weighted by Gasteiger charge is 2.12. The fourth-order valence-corrected chi connectivity index (χ4v) is 2.14. The molecule has 3 N–H and O–H groups in total. The highest BCUT2D eigenvalue weighted by atomic mass is 32.1. The summed E-state index contributed by atoms with van der Waals surface area (Å²) in [6.07, 6.45) is 0.865. The van der Waals surface area contributed by atoms with Gasteiger partial charge in [0.25, 0.3) is 5.91 Å². The number of carbonyl (C=O) groups excluding carboxylic acids is 1. The summed E-state index contributed by atoms with van der Waals surface area (Å²) in [5.74, 6) is -0.460. The Labute approximate surface area is 88.3 Å². The van der Waals surface area contributed by atoms with Crippen molar-refractivity contribution in [2.24, 2.45) is 5.73 Å². The van der Waals surface area contributed by atoms with Crippen LogP contribution in [0.5, 0.6) is 0 Å². The van der Waals surface area contributed by atoms with Crippen LogP contribution in [0.2, 0.25) is 0 Å². The van der Waals surface area contributed by atoms with Gasteiger partial charge in [0.1, 0.15) is 4.64 Å². The van der Waals surface area contributed by atoms with Crippen LogP contribution in [-0.2, 0) is 6.42 Å². The number of rotatable bonds is 2. The predicted octanol–water partition coefficient (Wildman–Crippen LogP) is 2.02. The third-order valence-corrected chi connectivity index (χ3v) is 2.71. The first kappa shape index (κ1) is 10.9. The highest BCUT2D eigenvalue weighted by molar-refractivity contribution is 7.71. The third kappa shape index (κ3) is 1.70. The second-order valence-electron chi connectivity index (χ2n) is 3.28. The molecule has 0 unspecified atom stereocenters. The first-order valence-electron chi connectivity index (χ1n) is 4.51. The Balaban J connectivity index is 3.60. The number of carbonyl (C=O) groups is 1. The molecule has 1 aromatic heterocycles. The molecular formula is C10H14N2OS. The largest absolute Gasteiger partial charge is 0.365 e. The molecule has 76 valence electrons. The zero-order chi connectivity index (χ0) is 10.9. The standard InChI is InChI=1S/C10H14N2OS/c1-4-7-5(2)8(9(11)13)10(14)12-6(7)3/h4H2,1-3H3,(H2,11,13)(H,12,14). The van der Waals surface area contributed by atoms with Crippen LogP contribution >= 0.6 is 12.2 Å². The Bertz CT molecular complexity index is 434. The fraction of sp³-hybridized carbons (Fsp3) is 0.400. The number of aromatic nitrogens is 1. The number of hydrogen-bond acceptors (Lipinski definition) is 2. The molecule has 0 spiro atoms. The van der Waals surface area contributed by atoms with Crippen LogP contribution in [-0.4, -0.2) is 10.9 Å². The molecule has 0 radical (unpaired) electrons. The minimum Gasteiger partial charge on any atom is -0.365 e. The first-order chi connectivity index (χ1) is 6.49. The van der Waals surface area contributed by atoms with Crippen LogP contribution in [0.3, 0.4) is 0 Å². The van der Waals surface area contributed by atoms with E-state index in [9.17, 15) is 4.79 Å². The number of nitrogens with one attached hydrogen (secondary N) is 1. The van der Waals surface area contributed by atoms with Gasteiger partial charge in [-0.05, 0) is 31.4 Å². The Kier molecular flexibility index (Phi) is 3.06. The van der Waals surface area contributed by atoms with Crippen LogP contribution in [0, 0.1) is 18.5 Å². The van der Waals surface area contributed by atoms with Gasteiger partial charge in [-0.25, -0.2) is 0 Å². The predicted molar refractivity (Wildman–Crippen MR) is 59.0 cm³/mol. The first-order valence-corrected chi connectivity index (χ1v) is 4.92. The lowest BCUT2D eigenvalue weighted by molar-refractivity contribution is 0.0999. The number of primary amides is 1.